The fraction of sp³-hybridized carbons (Fsp3) is 0.400. The summed E-state index contributed by atoms with van der Waals surface area (Å²) in [6, 6.07) is 8.61. The number of nitrogens with two attached hydrogens (primary N) is 1. The number of aryl methyl sites for hydroxylation is 1. The van der Waals surface area contributed by atoms with Crippen LogP contribution in [0.3, 0.4) is 0 Å². The molecule has 2 aromatic heterocycles. The second kappa shape index (κ2) is 7.03. The molecule has 3 aromatic rings. The Morgan fingerprint density at radius 3 is 2.73 bits per heavy atom. The molecule has 0 bridgehead atoms. The van der Waals surface area contributed by atoms with Crippen LogP contribution in [0.15, 0.2) is 36.5 Å². The van der Waals surface area contributed by atoms with Gasteiger partial charge in [-0.05, 0) is 50.5 Å². The molecular weight excluding hydrogens is 331 g/mol. The van der Waals surface area contributed by atoms with Crippen LogP contribution in [0.5, 0.6) is 5.75 Å². The first-order valence-corrected chi connectivity index (χ1v) is 8.78. The summed E-state index contributed by atoms with van der Waals surface area (Å²) in [6.45, 7) is 8.29. The SMILES string of the molecule is Cc1cc2nccc(-c3ccc(OC[C@@](C)(N)CC(C)C)c(F)c3)n2n1. The number of hydrogen-bond donors (Lipinski definition) is 1. The van der Waals surface area contributed by atoms with Crippen molar-refractivity contribution in [3.63, 3.8) is 0 Å². The van der Waals surface area contributed by atoms with E-state index < -0.39 is 11.4 Å². The van der Waals surface area contributed by atoms with E-state index >= 15 is 0 Å². The number of fused-ring (bicyclic) bond motifs is 1. The molecule has 0 saturated carbocycles. The summed E-state index contributed by atoms with van der Waals surface area (Å²) < 4.78 is 21.9. The predicted octanol–water partition coefficient (Wildman–Crippen LogP) is 3.99. The Morgan fingerprint density at radius 2 is 2.04 bits per heavy atom. The number of ether oxygens (including phenoxy) is 1. The van der Waals surface area contributed by atoms with Crippen molar-refractivity contribution >= 4 is 5.65 Å². The van der Waals surface area contributed by atoms with Gasteiger partial charge in [-0.3, -0.25) is 0 Å². The maximum absolute atomic E-state index is 14.6. The van der Waals surface area contributed by atoms with Gasteiger partial charge < -0.3 is 10.5 Å². The maximum Gasteiger partial charge on any atom is 0.165 e. The standard InChI is InChI=1S/C20H25FN4O/c1-13(2)11-20(4,22)12-26-18-6-5-15(10-16(18)21)17-7-8-23-19-9-14(3)24-25(17)19/h5-10,13H,11-12,22H2,1-4H3/t20-/m0/s1. The minimum Gasteiger partial charge on any atom is -0.489 e. The van der Waals surface area contributed by atoms with Crippen molar-refractivity contribution in [1.82, 2.24) is 14.6 Å². The molecule has 0 unspecified atom stereocenters. The molecule has 0 aliphatic carbocycles. The van der Waals surface area contributed by atoms with Gasteiger partial charge in [-0.25, -0.2) is 13.9 Å². The number of nitrogens with zero attached hydrogens (tertiary/aromatic N) is 3. The van der Waals surface area contributed by atoms with Crippen LogP contribution in [0.1, 0.15) is 32.9 Å². The fourth-order valence-corrected chi connectivity index (χ4v) is 3.24. The molecule has 3 rings (SSSR count). The van der Waals surface area contributed by atoms with Crippen molar-refractivity contribution in [3.05, 3.63) is 48.0 Å². The first-order chi connectivity index (χ1) is 12.2. The summed E-state index contributed by atoms with van der Waals surface area (Å²) in [5.41, 5.74) is 8.81. The van der Waals surface area contributed by atoms with Crippen LogP contribution in [-0.4, -0.2) is 26.7 Å². The smallest absolute Gasteiger partial charge is 0.165 e. The molecule has 0 amide bonds. The summed E-state index contributed by atoms with van der Waals surface area (Å²) in [4.78, 5) is 4.28. The molecule has 5 nitrogen and oxygen atoms in total. The first-order valence-electron chi connectivity index (χ1n) is 8.78. The van der Waals surface area contributed by atoms with E-state index in [9.17, 15) is 4.39 Å². The van der Waals surface area contributed by atoms with Crippen LogP contribution in [0.25, 0.3) is 16.9 Å². The van der Waals surface area contributed by atoms with E-state index in [0.29, 0.717) is 11.5 Å². The highest BCUT2D eigenvalue weighted by molar-refractivity contribution is 5.63. The van der Waals surface area contributed by atoms with Crippen molar-refractivity contribution in [1.29, 1.82) is 0 Å². The summed E-state index contributed by atoms with van der Waals surface area (Å²) in [5, 5.41) is 4.42. The molecule has 0 aliphatic rings. The van der Waals surface area contributed by atoms with Crippen molar-refractivity contribution in [2.24, 2.45) is 11.7 Å². The molecule has 0 radical (unpaired) electrons. The van der Waals surface area contributed by atoms with Gasteiger partial charge in [0.15, 0.2) is 17.2 Å². The Kier molecular flexibility index (Phi) is 4.96. The van der Waals surface area contributed by atoms with Gasteiger partial charge >= 0.3 is 0 Å². The molecular formula is C20H25FN4O. The van der Waals surface area contributed by atoms with Gasteiger partial charge in [-0.15, -0.1) is 0 Å². The number of aromatic nitrogens is 3. The summed E-state index contributed by atoms with van der Waals surface area (Å²) in [5.74, 6) is 0.236. The lowest BCUT2D eigenvalue weighted by molar-refractivity contribution is 0.200. The molecule has 1 atom stereocenters. The minimum absolute atomic E-state index is 0.205. The van der Waals surface area contributed by atoms with Gasteiger partial charge in [0, 0.05) is 23.4 Å². The van der Waals surface area contributed by atoms with Crippen molar-refractivity contribution < 1.29 is 9.13 Å². The van der Waals surface area contributed by atoms with Crippen LogP contribution in [0.4, 0.5) is 4.39 Å². The van der Waals surface area contributed by atoms with Crippen molar-refractivity contribution in [3.8, 4) is 17.0 Å². The second-order valence-electron chi connectivity index (χ2n) is 7.57. The van der Waals surface area contributed by atoms with Crippen LogP contribution < -0.4 is 10.5 Å². The molecule has 0 saturated heterocycles. The molecule has 2 heterocycles. The molecule has 0 fully saturated rings. The Morgan fingerprint density at radius 1 is 1.27 bits per heavy atom. The molecule has 2 N–H and O–H groups in total. The van der Waals surface area contributed by atoms with E-state index in [-0.39, 0.29) is 12.4 Å². The predicted molar refractivity (Wildman–Crippen MR) is 101 cm³/mol. The average Bonchev–Trinajstić information content (AvgIpc) is 2.92. The third-order valence-corrected chi connectivity index (χ3v) is 4.14. The lowest BCUT2D eigenvalue weighted by Crippen LogP contribution is -2.43. The fourth-order valence-electron chi connectivity index (χ4n) is 3.24. The maximum atomic E-state index is 14.6. The van der Waals surface area contributed by atoms with E-state index in [2.05, 4.69) is 23.9 Å². The zero-order valence-corrected chi connectivity index (χ0v) is 15.7. The van der Waals surface area contributed by atoms with E-state index in [4.69, 9.17) is 10.5 Å². The largest absolute Gasteiger partial charge is 0.489 e. The normalized spacial score (nSPS) is 14.0. The van der Waals surface area contributed by atoms with Gasteiger partial charge in [0.25, 0.3) is 0 Å². The summed E-state index contributed by atoms with van der Waals surface area (Å²) in [7, 11) is 0. The second-order valence-corrected chi connectivity index (χ2v) is 7.57. The molecule has 26 heavy (non-hydrogen) atoms. The van der Waals surface area contributed by atoms with E-state index in [1.165, 1.54) is 6.07 Å². The van der Waals surface area contributed by atoms with Crippen LogP contribution in [0.2, 0.25) is 0 Å². The molecule has 0 aliphatic heterocycles. The van der Waals surface area contributed by atoms with Crippen molar-refractivity contribution in [2.45, 2.75) is 39.7 Å². The van der Waals surface area contributed by atoms with Gasteiger partial charge in [0.2, 0.25) is 0 Å². The zero-order valence-electron chi connectivity index (χ0n) is 15.7. The Hall–Kier alpha value is -2.47. The Balaban J connectivity index is 1.83. The number of rotatable bonds is 6. The first kappa shape index (κ1) is 18.3. The number of hydrogen-bond acceptors (Lipinski definition) is 4. The van der Waals surface area contributed by atoms with Gasteiger partial charge in [0.1, 0.15) is 6.61 Å². The monoisotopic (exact) mass is 356 g/mol. The molecule has 138 valence electrons. The highest BCUT2D eigenvalue weighted by atomic mass is 19.1. The highest BCUT2D eigenvalue weighted by Gasteiger charge is 2.22. The average molecular weight is 356 g/mol. The summed E-state index contributed by atoms with van der Waals surface area (Å²) in [6.07, 6.45) is 2.50. The van der Waals surface area contributed by atoms with E-state index in [1.807, 2.05) is 32.0 Å². The molecule has 0 spiro atoms. The van der Waals surface area contributed by atoms with Crippen LogP contribution in [0, 0.1) is 18.7 Å². The van der Waals surface area contributed by atoms with Gasteiger partial charge in [-0.1, -0.05) is 13.8 Å². The topological polar surface area (TPSA) is 65.4 Å². The Labute approximate surface area is 153 Å². The molecule has 1 aromatic carbocycles. The molecule has 6 heteroatoms. The zero-order chi connectivity index (χ0) is 18.9. The van der Waals surface area contributed by atoms with Gasteiger partial charge in [-0.2, -0.15) is 5.10 Å². The lowest BCUT2D eigenvalue weighted by atomic mass is 9.93. The van der Waals surface area contributed by atoms with Crippen LogP contribution >= 0.6 is 0 Å². The third kappa shape index (κ3) is 4.02. The van der Waals surface area contributed by atoms with Crippen molar-refractivity contribution in [2.75, 3.05) is 6.61 Å². The quantitative estimate of drug-likeness (QED) is 0.725. The van der Waals surface area contributed by atoms with Gasteiger partial charge in [0.05, 0.1) is 11.4 Å². The van der Waals surface area contributed by atoms with Crippen LogP contribution in [-0.2, 0) is 0 Å². The highest BCUT2D eigenvalue weighted by Crippen LogP contribution is 2.27. The number of benzene rings is 1. The number of halogens is 1. The minimum atomic E-state index is -0.497. The lowest BCUT2D eigenvalue weighted by Gasteiger charge is -2.26. The summed E-state index contributed by atoms with van der Waals surface area (Å²) >= 11 is 0. The van der Waals surface area contributed by atoms with E-state index in [1.54, 1.807) is 16.8 Å². The van der Waals surface area contributed by atoms with E-state index in [0.717, 1.165) is 23.5 Å². The Bertz CT molecular complexity index is 917. The third-order valence-electron chi connectivity index (χ3n) is 4.14.